The van der Waals surface area contributed by atoms with Crippen molar-refractivity contribution in [3.05, 3.63) is 48.3 Å². The Labute approximate surface area is 149 Å². The Morgan fingerprint density at radius 2 is 2.00 bits per heavy atom. The summed E-state index contributed by atoms with van der Waals surface area (Å²) in [6.45, 7) is 3.49. The lowest BCUT2D eigenvalue weighted by atomic mass is 10.2. The van der Waals surface area contributed by atoms with Gasteiger partial charge in [0.05, 0.1) is 23.8 Å². The number of hydrogen-bond acceptors (Lipinski definition) is 5. The van der Waals surface area contributed by atoms with Gasteiger partial charge in [-0.1, -0.05) is 23.9 Å². The Bertz CT molecular complexity index is 953. The summed E-state index contributed by atoms with van der Waals surface area (Å²) in [6, 6.07) is 11.9. The zero-order chi connectivity index (χ0) is 18.2. The molecule has 0 bridgehead atoms. The zero-order valence-corrected chi connectivity index (χ0v) is 14.9. The van der Waals surface area contributed by atoms with Gasteiger partial charge in [-0.3, -0.25) is 9.36 Å². The van der Waals surface area contributed by atoms with Crippen molar-refractivity contribution >= 4 is 34.5 Å². The molecule has 5 nitrogen and oxygen atoms in total. The molecule has 3 aromatic rings. The van der Waals surface area contributed by atoms with E-state index in [0.29, 0.717) is 22.0 Å². The molecule has 130 valence electrons. The number of hydrogen-bond donors (Lipinski definition) is 1. The molecule has 1 aromatic heterocycles. The maximum atomic E-state index is 14.5. The molecule has 0 amide bonds. The number of methoxy groups -OCH3 is 1. The van der Waals surface area contributed by atoms with Gasteiger partial charge in [-0.2, -0.15) is 0 Å². The molecular formula is C18H18FN3O2S. The first kappa shape index (κ1) is 17.3. The molecule has 2 aromatic carbocycles. The minimum absolute atomic E-state index is 0.325. The fourth-order valence-electron chi connectivity index (χ4n) is 2.53. The minimum Gasteiger partial charge on any atom is -0.468 e. The topological polar surface area (TPSA) is 70.1 Å². The van der Waals surface area contributed by atoms with Gasteiger partial charge in [-0.05, 0) is 44.2 Å². The van der Waals surface area contributed by atoms with Gasteiger partial charge in [0.15, 0.2) is 5.16 Å². The van der Waals surface area contributed by atoms with Crippen molar-refractivity contribution in [3.63, 3.8) is 0 Å². The van der Waals surface area contributed by atoms with Crippen molar-refractivity contribution < 1.29 is 13.9 Å². The SMILES string of the molecule is COC(=O)C(C)(C)Sc1nc2ccccc2n1-c1ccc(N)cc1F. The number of benzene rings is 2. The number of carbonyl (C=O) groups excluding carboxylic acids is 1. The molecule has 7 heteroatoms. The quantitative estimate of drug-likeness (QED) is 0.436. The number of fused-ring (bicyclic) bond motifs is 1. The Balaban J connectivity index is 2.21. The van der Waals surface area contributed by atoms with E-state index in [4.69, 9.17) is 10.5 Å². The van der Waals surface area contributed by atoms with E-state index in [0.717, 1.165) is 5.52 Å². The summed E-state index contributed by atoms with van der Waals surface area (Å²) in [6.07, 6.45) is 0. The second kappa shape index (κ2) is 6.40. The predicted molar refractivity (Wildman–Crippen MR) is 97.4 cm³/mol. The highest BCUT2D eigenvalue weighted by molar-refractivity contribution is 8.01. The molecule has 0 aliphatic carbocycles. The third kappa shape index (κ3) is 3.19. The van der Waals surface area contributed by atoms with Crippen molar-refractivity contribution in [2.75, 3.05) is 12.8 Å². The van der Waals surface area contributed by atoms with Crippen LogP contribution in [-0.2, 0) is 9.53 Å². The lowest BCUT2D eigenvalue weighted by Gasteiger charge is -2.21. The smallest absolute Gasteiger partial charge is 0.321 e. The fraction of sp³-hybridized carbons (Fsp3) is 0.222. The molecule has 1 heterocycles. The third-order valence-corrected chi connectivity index (χ3v) is 4.90. The summed E-state index contributed by atoms with van der Waals surface area (Å²) in [5, 5.41) is 0.500. The molecule has 2 N–H and O–H groups in total. The van der Waals surface area contributed by atoms with E-state index in [9.17, 15) is 9.18 Å². The van der Waals surface area contributed by atoms with Crippen LogP contribution in [0, 0.1) is 5.82 Å². The summed E-state index contributed by atoms with van der Waals surface area (Å²) in [4.78, 5) is 16.6. The van der Waals surface area contributed by atoms with E-state index < -0.39 is 10.6 Å². The second-order valence-electron chi connectivity index (χ2n) is 6.03. The predicted octanol–water partition coefficient (Wildman–Crippen LogP) is 3.79. The molecule has 0 spiro atoms. The zero-order valence-electron chi connectivity index (χ0n) is 14.1. The lowest BCUT2D eigenvalue weighted by Crippen LogP contribution is -2.29. The number of aromatic nitrogens is 2. The number of nitrogens with zero attached hydrogens (tertiary/aromatic N) is 2. The lowest BCUT2D eigenvalue weighted by molar-refractivity contribution is -0.142. The highest BCUT2D eigenvalue weighted by Gasteiger charge is 2.33. The van der Waals surface area contributed by atoms with E-state index in [1.54, 1.807) is 30.5 Å². The second-order valence-corrected chi connectivity index (χ2v) is 7.62. The van der Waals surface area contributed by atoms with E-state index in [-0.39, 0.29) is 5.97 Å². The number of esters is 1. The highest BCUT2D eigenvalue weighted by atomic mass is 32.2. The summed E-state index contributed by atoms with van der Waals surface area (Å²) in [7, 11) is 1.34. The van der Waals surface area contributed by atoms with Crippen LogP contribution in [0.5, 0.6) is 0 Å². The highest BCUT2D eigenvalue weighted by Crippen LogP contribution is 2.37. The van der Waals surface area contributed by atoms with Gasteiger partial charge in [0, 0.05) is 5.69 Å². The number of rotatable bonds is 4. The number of anilines is 1. The first-order valence-corrected chi connectivity index (χ1v) is 8.45. The average molecular weight is 359 g/mol. The summed E-state index contributed by atoms with van der Waals surface area (Å²) in [5.41, 5.74) is 7.78. The van der Waals surface area contributed by atoms with Crippen molar-refractivity contribution in [1.82, 2.24) is 9.55 Å². The fourth-order valence-corrected chi connectivity index (χ4v) is 3.58. The monoisotopic (exact) mass is 359 g/mol. The summed E-state index contributed by atoms with van der Waals surface area (Å²) < 4.78 is 20.2. The first-order valence-electron chi connectivity index (χ1n) is 7.64. The number of halogens is 1. The van der Waals surface area contributed by atoms with E-state index in [2.05, 4.69) is 4.98 Å². The number of ether oxygens (including phenoxy) is 1. The number of carbonyl (C=O) groups is 1. The van der Waals surface area contributed by atoms with Crippen LogP contribution in [0.2, 0.25) is 0 Å². The van der Waals surface area contributed by atoms with Crippen LogP contribution in [0.1, 0.15) is 13.8 Å². The molecule has 25 heavy (non-hydrogen) atoms. The molecule has 0 saturated heterocycles. The van der Waals surface area contributed by atoms with E-state index >= 15 is 0 Å². The van der Waals surface area contributed by atoms with Crippen LogP contribution >= 0.6 is 11.8 Å². The van der Waals surface area contributed by atoms with Gasteiger partial charge in [-0.15, -0.1) is 0 Å². The number of nitrogens with two attached hydrogens (primary N) is 1. The van der Waals surface area contributed by atoms with E-state index in [1.165, 1.54) is 24.9 Å². The Morgan fingerprint density at radius 3 is 2.68 bits per heavy atom. The number of para-hydroxylation sites is 2. The van der Waals surface area contributed by atoms with Gasteiger partial charge in [-0.25, -0.2) is 9.37 Å². The van der Waals surface area contributed by atoms with Crippen LogP contribution in [0.25, 0.3) is 16.7 Å². The van der Waals surface area contributed by atoms with Gasteiger partial charge in [0.1, 0.15) is 10.6 Å². The van der Waals surface area contributed by atoms with E-state index in [1.807, 2.05) is 24.3 Å². The maximum Gasteiger partial charge on any atom is 0.321 e. The molecule has 0 radical (unpaired) electrons. The largest absolute Gasteiger partial charge is 0.468 e. The Kier molecular flexibility index (Phi) is 4.43. The molecule has 0 aliphatic rings. The summed E-state index contributed by atoms with van der Waals surface area (Å²) >= 11 is 1.22. The number of imidazole rings is 1. The molecule has 0 atom stereocenters. The normalized spacial score (nSPS) is 11.7. The number of thioether (sulfide) groups is 1. The molecule has 3 rings (SSSR count). The van der Waals surface area contributed by atoms with Crippen molar-refractivity contribution in [2.45, 2.75) is 23.8 Å². The van der Waals surface area contributed by atoms with Crippen LogP contribution < -0.4 is 5.73 Å². The van der Waals surface area contributed by atoms with Gasteiger partial charge >= 0.3 is 5.97 Å². The van der Waals surface area contributed by atoms with Crippen LogP contribution in [0.15, 0.2) is 47.6 Å². The molecule has 0 unspecified atom stereocenters. The Hall–Kier alpha value is -2.54. The molecule has 0 fully saturated rings. The van der Waals surface area contributed by atoms with Crippen LogP contribution in [0.4, 0.5) is 10.1 Å². The average Bonchev–Trinajstić information content (AvgIpc) is 2.91. The standard InChI is InChI=1S/C18H18FN3O2S/c1-18(2,16(23)24-3)25-17-21-13-6-4-5-7-15(13)22(17)14-9-8-11(20)10-12(14)19/h4-10H,20H2,1-3H3. The van der Waals surface area contributed by atoms with Crippen LogP contribution in [0.3, 0.4) is 0 Å². The van der Waals surface area contributed by atoms with Crippen molar-refractivity contribution in [1.29, 1.82) is 0 Å². The van der Waals surface area contributed by atoms with Gasteiger partial charge in [0.2, 0.25) is 0 Å². The van der Waals surface area contributed by atoms with Crippen molar-refractivity contribution in [2.24, 2.45) is 0 Å². The molecular weight excluding hydrogens is 341 g/mol. The summed E-state index contributed by atoms with van der Waals surface area (Å²) in [5.74, 6) is -0.838. The third-order valence-electron chi connectivity index (χ3n) is 3.77. The molecule has 0 saturated carbocycles. The van der Waals surface area contributed by atoms with Crippen molar-refractivity contribution in [3.8, 4) is 5.69 Å². The Morgan fingerprint density at radius 1 is 1.28 bits per heavy atom. The molecule has 0 aliphatic heterocycles. The maximum absolute atomic E-state index is 14.5. The number of nitrogen functional groups attached to an aromatic ring is 1. The van der Waals surface area contributed by atoms with Gasteiger partial charge in [0.25, 0.3) is 0 Å². The first-order chi connectivity index (χ1) is 11.8. The minimum atomic E-state index is -0.877. The van der Waals surface area contributed by atoms with Crippen LogP contribution in [-0.4, -0.2) is 27.4 Å². The van der Waals surface area contributed by atoms with Gasteiger partial charge < -0.3 is 10.5 Å².